The van der Waals surface area contributed by atoms with E-state index in [0.29, 0.717) is 12.8 Å². The highest BCUT2D eigenvalue weighted by atomic mass is 35.5. The number of sulfonamides is 1. The first kappa shape index (κ1) is 16.5. The lowest BCUT2D eigenvalue weighted by atomic mass is 9.93. The number of nitrogens with two attached hydrogens (primary N) is 1. The lowest BCUT2D eigenvalue weighted by molar-refractivity contribution is 0.0911. The fourth-order valence-electron chi connectivity index (χ4n) is 2.51. The SMILES string of the molecule is CC(O)C1CCN(S(=O)(=O)c2cc(Cl)cc(N)c2F)CC1. The molecule has 0 aromatic heterocycles. The number of benzene rings is 1. The molecule has 8 heteroatoms. The smallest absolute Gasteiger partial charge is 0.246 e. The molecule has 0 aliphatic carbocycles. The van der Waals surface area contributed by atoms with Gasteiger partial charge in [-0.1, -0.05) is 11.6 Å². The van der Waals surface area contributed by atoms with Crippen molar-refractivity contribution in [2.45, 2.75) is 30.8 Å². The summed E-state index contributed by atoms with van der Waals surface area (Å²) in [5.74, 6) is -0.914. The fourth-order valence-corrected chi connectivity index (χ4v) is 4.39. The Labute approximate surface area is 128 Å². The van der Waals surface area contributed by atoms with E-state index in [2.05, 4.69) is 0 Å². The van der Waals surface area contributed by atoms with Crippen molar-refractivity contribution in [3.8, 4) is 0 Å². The van der Waals surface area contributed by atoms with Gasteiger partial charge in [0.1, 0.15) is 4.90 Å². The van der Waals surface area contributed by atoms with Gasteiger partial charge in [-0.25, -0.2) is 12.8 Å². The zero-order chi connectivity index (χ0) is 15.8. The third kappa shape index (κ3) is 3.31. The van der Waals surface area contributed by atoms with E-state index in [1.54, 1.807) is 6.92 Å². The fraction of sp³-hybridized carbons (Fsp3) is 0.538. The predicted molar refractivity (Wildman–Crippen MR) is 79.0 cm³/mol. The third-order valence-corrected chi connectivity index (χ3v) is 5.95. The van der Waals surface area contributed by atoms with Crippen LogP contribution in [-0.2, 0) is 10.0 Å². The average molecular weight is 337 g/mol. The van der Waals surface area contributed by atoms with Crippen LogP contribution in [0.2, 0.25) is 5.02 Å². The van der Waals surface area contributed by atoms with Crippen LogP contribution in [0.4, 0.5) is 10.1 Å². The minimum Gasteiger partial charge on any atom is -0.396 e. The molecular weight excluding hydrogens is 319 g/mol. The number of rotatable bonds is 3. The zero-order valence-corrected chi connectivity index (χ0v) is 13.2. The van der Waals surface area contributed by atoms with Crippen LogP contribution in [0.5, 0.6) is 0 Å². The molecule has 3 N–H and O–H groups in total. The molecule has 1 aromatic carbocycles. The maximum Gasteiger partial charge on any atom is 0.246 e. The monoisotopic (exact) mass is 336 g/mol. The van der Waals surface area contributed by atoms with Crippen LogP contribution >= 0.6 is 11.6 Å². The highest BCUT2D eigenvalue weighted by Gasteiger charge is 2.33. The maximum atomic E-state index is 14.0. The Morgan fingerprint density at radius 1 is 1.43 bits per heavy atom. The van der Waals surface area contributed by atoms with Gasteiger partial charge in [0.25, 0.3) is 0 Å². The Morgan fingerprint density at radius 2 is 2.00 bits per heavy atom. The number of nitrogens with zero attached hydrogens (tertiary/aromatic N) is 1. The van der Waals surface area contributed by atoms with Crippen molar-refractivity contribution in [3.05, 3.63) is 23.0 Å². The number of hydrogen-bond donors (Lipinski definition) is 2. The van der Waals surface area contributed by atoms with E-state index < -0.39 is 26.8 Å². The second-order valence-corrected chi connectivity index (χ2v) is 7.63. The molecule has 2 rings (SSSR count). The molecule has 1 unspecified atom stereocenters. The summed E-state index contributed by atoms with van der Waals surface area (Å²) >= 11 is 5.77. The molecule has 1 aliphatic heterocycles. The van der Waals surface area contributed by atoms with Crippen molar-refractivity contribution in [2.75, 3.05) is 18.8 Å². The molecule has 1 fully saturated rings. The van der Waals surface area contributed by atoms with Crippen LogP contribution in [0.1, 0.15) is 19.8 Å². The van der Waals surface area contributed by atoms with Crippen LogP contribution in [0.15, 0.2) is 17.0 Å². The number of piperidine rings is 1. The van der Waals surface area contributed by atoms with E-state index >= 15 is 0 Å². The van der Waals surface area contributed by atoms with Crippen molar-refractivity contribution in [1.82, 2.24) is 4.31 Å². The summed E-state index contributed by atoms with van der Waals surface area (Å²) in [5.41, 5.74) is 5.14. The van der Waals surface area contributed by atoms with Crippen LogP contribution in [-0.4, -0.2) is 37.0 Å². The Hall–Kier alpha value is -0.890. The van der Waals surface area contributed by atoms with Crippen LogP contribution in [0.25, 0.3) is 0 Å². The molecule has 5 nitrogen and oxygen atoms in total. The van der Waals surface area contributed by atoms with E-state index in [9.17, 15) is 17.9 Å². The first-order valence-corrected chi connectivity index (χ1v) is 8.48. The van der Waals surface area contributed by atoms with E-state index in [1.165, 1.54) is 10.4 Å². The molecule has 21 heavy (non-hydrogen) atoms. The van der Waals surface area contributed by atoms with Gasteiger partial charge in [-0.3, -0.25) is 0 Å². The lowest BCUT2D eigenvalue weighted by Crippen LogP contribution is -2.41. The number of aliphatic hydroxyl groups excluding tert-OH is 1. The highest BCUT2D eigenvalue weighted by molar-refractivity contribution is 7.89. The standard InChI is InChI=1S/C13H18ClFN2O3S/c1-8(18)9-2-4-17(5-3-9)21(19,20)12-7-10(14)6-11(16)13(12)15/h6-9,18H,2-5,16H2,1H3. The van der Waals surface area contributed by atoms with Gasteiger partial charge in [0.15, 0.2) is 5.82 Å². The maximum absolute atomic E-state index is 14.0. The summed E-state index contributed by atoms with van der Waals surface area (Å²) in [6.07, 6.45) is 0.594. The zero-order valence-electron chi connectivity index (χ0n) is 11.6. The van der Waals surface area contributed by atoms with Crippen molar-refractivity contribution < 1.29 is 17.9 Å². The van der Waals surface area contributed by atoms with Crippen molar-refractivity contribution in [3.63, 3.8) is 0 Å². The topological polar surface area (TPSA) is 83.6 Å². The molecule has 1 heterocycles. The van der Waals surface area contributed by atoms with Crippen LogP contribution < -0.4 is 5.73 Å². The molecular formula is C13H18ClFN2O3S. The molecule has 1 aromatic rings. The Bertz CT molecular complexity index is 629. The number of anilines is 1. The largest absolute Gasteiger partial charge is 0.396 e. The second-order valence-electron chi connectivity index (χ2n) is 5.29. The molecule has 0 bridgehead atoms. The molecule has 0 radical (unpaired) electrons. The van der Waals surface area contributed by atoms with Gasteiger partial charge in [0.2, 0.25) is 10.0 Å². The summed E-state index contributed by atoms with van der Waals surface area (Å²) in [7, 11) is -3.97. The molecule has 1 saturated heterocycles. The second kappa shape index (κ2) is 6.08. The Balaban J connectivity index is 2.28. The van der Waals surface area contributed by atoms with E-state index in [-0.39, 0.29) is 29.7 Å². The predicted octanol–water partition coefficient (Wildman–Crippen LogP) is 1.84. The first-order chi connectivity index (χ1) is 9.73. The molecule has 1 atom stereocenters. The van der Waals surface area contributed by atoms with Crippen molar-refractivity contribution in [1.29, 1.82) is 0 Å². The van der Waals surface area contributed by atoms with E-state index in [1.807, 2.05) is 0 Å². The van der Waals surface area contributed by atoms with Gasteiger partial charge in [-0.15, -0.1) is 0 Å². The van der Waals surface area contributed by atoms with E-state index in [0.717, 1.165) is 6.07 Å². The molecule has 118 valence electrons. The van der Waals surface area contributed by atoms with Crippen LogP contribution in [0.3, 0.4) is 0 Å². The van der Waals surface area contributed by atoms with Crippen molar-refractivity contribution in [2.24, 2.45) is 5.92 Å². The number of halogens is 2. The average Bonchev–Trinajstić information content (AvgIpc) is 2.42. The third-order valence-electron chi connectivity index (χ3n) is 3.83. The highest BCUT2D eigenvalue weighted by Crippen LogP contribution is 2.30. The summed E-state index contributed by atoms with van der Waals surface area (Å²) in [6, 6.07) is 2.25. The number of aliphatic hydroxyl groups is 1. The van der Waals surface area contributed by atoms with Gasteiger partial charge in [0.05, 0.1) is 11.8 Å². The van der Waals surface area contributed by atoms with Crippen molar-refractivity contribution >= 4 is 27.3 Å². The van der Waals surface area contributed by atoms with Gasteiger partial charge in [-0.05, 0) is 37.8 Å². The van der Waals surface area contributed by atoms with Gasteiger partial charge >= 0.3 is 0 Å². The number of hydrogen-bond acceptors (Lipinski definition) is 4. The molecule has 0 saturated carbocycles. The van der Waals surface area contributed by atoms with Crippen LogP contribution in [0, 0.1) is 11.7 Å². The van der Waals surface area contributed by atoms with E-state index in [4.69, 9.17) is 17.3 Å². The molecule has 0 amide bonds. The molecule has 0 spiro atoms. The Morgan fingerprint density at radius 3 is 2.52 bits per heavy atom. The first-order valence-electron chi connectivity index (χ1n) is 6.66. The van der Waals surface area contributed by atoms with Gasteiger partial charge in [-0.2, -0.15) is 4.31 Å². The minimum absolute atomic E-state index is 0.0609. The normalized spacial score (nSPS) is 19.6. The summed E-state index contributed by atoms with van der Waals surface area (Å²) in [6.45, 7) is 2.17. The quantitative estimate of drug-likeness (QED) is 0.825. The Kier molecular flexibility index (Phi) is 4.77. The summed E-state index contributed by atoms with van der Waals surface area (Å²) < 4.78 is 40.2. The summed E-state index contributed by atoms with van der Waals surface area (Å²) in [5, 5.41) is 9.61. The molecule has 1 aliphatic rings. The summed E-state index contributed by atoms with van der Waals surface area (Å²) in [4.78, 5) is -0.497. The van der Waals surface area contributed by atoms with Gasteiger partial charge < -0.3 is 10.8 Å². The minimum atomic E-state index is -3.97. The van der Waals surface area contributed by atoms with Gasteiger partial charge in [0, 0.05) is 18.1 Å². The number of nitrogen functional groups attached to an aromatic ring is 1. The lowest BCUT2D eigenvalue weighted by Gasteiger charge is -2.32.